The molecule has 1 aromatic carbocycles. The van der Waals surface area contributed by atoms with Gasteiger partial charge in [0, 0.05) is 11.3 Å². The Morgan fingerprint density at radius 2 is 1.86 bits per heavy atom. The molecule has 114 valence electrons. The Morgan fingerprint density at radius 3 is 2.33 bits per heavy atom. The molecule has 0 saturated carbocycles. The van der Waals surface area contributed by atoms with E-state index in [0.717, 1.165) is 24.3 Å². The van der Waals surface area contributed by atoms with E-state index in [4.69, 9.17) is 5.11 Å². The van der Waals surface area contributed by atoms with Crippen LogP contribution in [0.2, 0.25) is 0 Å². The Labute approximate surface area is 122 Å². The van der Waals surface area contributed by atoms with Crippen molar-refractivity contribution in [1.82, 2.24) is 4.90 Å². The zero-order valence-corrected chi connectivity index (χ0v) is 11.7. The van der Waals surface area contributed by atoms with Crippen LogP contribution in [0.5, 0.6) is 0 Å². The third-order valence-corrected chi connectivity index (χ3v) is 4.42. The minimum absolute atomic E-state index is 0.0450. The van der Waals surface area contributed by atoms with Gasteiger partial charge in [0.05, 0.1) is 10.9 Å². The van der Waals surface area contributed by atoms with Crippen LogP contribution in [0.3, 0.4) is 0 Å². The third-order valence-electron chi connectivity index (χ3n) is 3.20. The van der Waals surface area contributed by atoms with E-state index in [9.17, 15) is 22.8 Å². The molecule has 1 heterocycles. The second-order valence-corrected chi connectivity index (χ2v) is 5.92. The predicted molar refractivity (Wildman–Crippen MR) is 71.0 cm³/mol. The lowest BCUT2D eigenvalue weighted by Gasteiger charge is -2.25. The molecule has 1 aliphatic heterocycles. The maximum absolute atomic E-state index is 12.5. The molecule has 2 atom stereocenters. The number of carboxylic acid groups (broad SMARTS) is 1. The molecular formula is C13H12F3NO3S. The lowest BCUT2D eigenvalue weighted by molar-refractivity contribution is -0.141. The number of carbonyl (C=O) groups is 2. The largest absolute Gasteiger partial charge is 0.480 e. The first-order chi connectivity index (χ1) is 9.71. The van der Waals surface area contributed by atoms with Gasteiger partial charge in [0.15, 0.2) is 0 Å². The van der Waals surface area contributed by atoms with Crippen LogP contribution in [0.25, 0.3) is 0 Å². The SMILES string of the molecule is CC1SCC(C(=O)O)N1C(=O)c1ccc(C(F)(F)F)cc1. The number of benzene rings is 1. The van der Waals surface area contributed by atoms with Crippen molar-refractivity contribution in [3.8, 4) is 0 Å². The first-order valence-electron chi connectivity index (χ1n) is 6.06. The van der Waals surface area contributed by atoms with E-state index in [1.165, 1.54) is 16.7 Å². The van der Waals surface area contributed by atoms with Crippen molar-refractivity contribution < 1.29 is 27.9 Å². The number of halogens is 3. The molecule has 0 spiro atoms. The van der Waals surface area contributed by atoms with Gasteiger partial charge in [-0.05, 0) is 31.2 Å². The van der Waals surface area contributed by atoms with Crippen molar-refractivity contribution in [2.24, 2.45) is 0 Å². The van der Waals surface area contributed by atoms with Crippen molar-refractivity contribution in [3.05, 3.63) is 35.4 Å². The zero-order valence-electron chi connectivity index (χ0n) is 10.9. The first-order valence-corrected chi connectivity index (χ1v) is 7.11. The molecule has 1 amide bonds. The van der Waals surface area contributed by atoms with Gasteiger partial charge in [-0.2, -0.15) is 13.2 Å². The number of thioether (sulfide) groups is 1. The van der Waals surface area contributed by atoms with Crippen LogP contribution in [-0.2, 0) is 11.0 Å². The van der Waals surface area contributed by atoms with E-state index in [-0.39, 0.29) is 16.7 Å². The second-order valence-electron chi connectivity index (χ2n) is 4.57. The monoisotopic (exact) mass is 319 g/mol. The molecule has 21 heavy (non-hydrogen) atoms. The fourth-order valence-electron chi connectivity index (χ4n) is 2.09. The van der Waals surface area contributed by atoms with Gasteiger partial charge in [0.1, 0.15) is 6.04 Å². The summed E-state index contributed by atoms with van der Waals surface area (Å²) >= 11 is 1.32. The Morgan fingerprint density at radius 1 is 1.29 bits per heavy atom. The smallest absolute Gasteiger partial charge is 0.416 e. The summed E-state index contributed by atoms with van der Waals surface area (Å²) in [4.78, 5) is 24.6. The first kappa shape index (κ1) is 15.7. The molecule has 4 nitrogen and oxygen atoms in total. The molecule has 1 aliphatic rings. The molecule has 1 fully saturated rings. The van der Waals surface area contributed by atoms with E-state index in [1.807, 2.05) is 0 Å². The van der Waals surface area contributed by atoms with Crippen LogP contribution in [-0.4, -0.2) is 39.1 Å². The maximum atomic E-state index is 12.5. The number of aliphatic carboxylic acids is 1. The molecule has 1 N–H and O–H groups in total. The highest BCUT2D eigenvalue weighted by atomic mass is 32.2. The summed E-state index contributed by atoms with van der Waals surface area (Å²) in [6.07, 6.45) is -4.47. The van der Waals surface area contributed by atoms with Gasteiger partial charge >= 0.3 is 12.1 Å². The van der Waals surface area contributed by atoms with Crippen LogP contribution in [0.1, 0.15) is 22.8 Å². The lowest BCUT2D eigenvalue weighted by Crippen LogP contribution is -2.44. The highest BCUT2D eigenvalue weighted by molar-refractivity contribution is 8.00. The van der Waals surface area contributed by atoms with Gasteiger partial charge in [0.2, 0.25) is 0 Å². The second kappa shape index (κ2) is 5.59. The van der Waals surface area contributed by atoms with Gasteiger partial charge in [0.25, 0.3) is 5.91 Å². The molecule has 0 radical (unpaired) electrons. The molecule has 2 rings (SSSR count). The number of hydrogen-bond acceptors (Lipinski definition) is 3. The molecule has 0 aromatic heterocycles. The number of carbonyl (C=O) groups excluding carboxylic acids is 1. The Kier molecular flexibility index (Phi) is 4.18. The van der Waals surface area contributed by atoms with E-state index in [2.05, 4.69) is 0 Å². The van der Waals surface area contributed by atoms with Crippen LogP contribution in [0.15, 0.2) is 24.3 Å². The standard InChI is InChI=1S/C13H12F3NO3S/c1-7-17(10(6-21-7)12(19)20)11(18)8-2-4-9(5-3-8)13(14,15)16/h2-5,7,10H,6H2,1H3,(H,19,20). The normalized spacial score (nSPS) is 22.4. The zero-order chi connectivity index (χ0) is 15.8. The predicted octanol–water partition coefficient (Wildman–Crippen LogP) is 2.69. The summed E-state index contributed by atoms with van der Waals surface area (Å²) in [5, 5.41) is 8.76. The Hall–Kier alpha value is -1.70. The van der Waals surface area contributed by atoms with Gasteiger partial charge in [-0.15, -0.1) is 11.8 Å². The van der Waals surface area contributed by atoms with Crippen LogP contribution >= 0.6 is 11.8 Å². The number of nitrogens with zero attached hydrogens (tertiary/aromatic N) is 1. The molecular weight excluding hydrogens is 307 g/mol. The molecule has 8 heteroatoms. The highest BCUT2D eigenvalue weighted by Gasteiger charge is 2.40. The average molecular weight is 319 g/mol. The van der Waals surface area contributed by atoms with Gasteiger partial charge in [-0.25, -0.2) is 4.79 Å². The summed E-state index contributed by atoms with van der Waals surface area (Å²) in [5.74, 6) is -1.43. The van der Waals surface area contributed by atoms with Crippen molar-refractivity contribution in [3.63, 3.8) is 0 Å². The number of amides is 1. The van der Waals surface area contributed by atoms with Crippen LogP contribution in [0.4, 0.5) is 13.2 Å². The van der Waals surface area contributed by atoms with Crippen molar-refractivity contribution >= 4 is 23.6 Å². The van der Waals surface area contributed by atoms with E-state index < -0.39 is 29.7 Å². The number of carboxylic acids is 1. The minimum Gasteiger partial charge on any atom is -0.480 e. The lowest BCUT2D eigenvalue weighted by atomic mass is 10.1. The molecule has 1 aromatic rings. The topological polar surface area (TPSA) is 57.6 Å². The summed E-state index contributed by atoms with van der Waals surface area (Å²) < 4.78 is 37.4. The average Bonchev–Trinajstić information content (AvgIpc) is 2.79. The van der Waals surface area contributed by atoms with Crippen LogP contribution < -0.4 is 0 Å². The van der Waals surface area contributed by atoms with Crippen molar-refractivity contribution in [1.29, 1.82) is 0 Å². The van der Waals surface area contributed by atoms with Gasteiger partial charge in [-0.1, -0.05) is 0 Å². The summed E-state index contributed by atoms with van der Waals surface area (Å²) in [6, 6.07) is 2.81. The van der Waals surface area contributed by atoms with Crippen molar-refractivity contribution in [2.75, 3.05) is 5.75 Å². The van der Waals surface area contributed by atoms with Gasteiger partial charge < -0.3 is 10.0 Å². The fourth-order valence-corrected chi connectivity index (χ4v) is 3.26. The minimum atomic E-state index is -4.47. The van der Waals surface area contributed by atoms with Crippen molar-refractivity contribution in [2.45, 2.75) is 24.5 Å². The Bertz CT molecular complexity index is 559. The fraction of sp³-hybridized carbons (Fsp3) is 0.385. The Balaban J connectivity index is 2.25. The van der Waals surface area contributed by atoms with E-state index >= 15 is 0 Å². The quantitative estimate of drug-likeness (QED) is 0.910. The summed E-state index contributed by atoms with van der Waals surface area (Å²) in [6.45, 7) is 1.69. The molecule has 0 aliphatic carbocycles. The third kappa shape index (κ3) is 3.15. The number of rotatable bonds is 2. The summed E-state index contributed by atoms with van der Waals surface area (Å²) in [5.41, 5.74) is -0.804. The van der Waals surface area contributed by atoms with Gasteiger partial charge in [-0.3, -0.25) is 4.79 Å². The number of alkyl halides is 3. The summed E-state index contributed by atoms with van der Waals surface area (Å²) in [7, 11) is 0. The molecule has 0 bridgehead atoms. The number of hydrogen-bond donors (Lipinski definition) is 1. The maximum Gasteiger partial charge on any atom is 0.416 e. The van der Waals surface area contributed by atoms with E-state index in [1.54, 1.807) is 6.92 Å². The van der Waals surface area contributed by atoms with Crippen LogP contribution in [0, 0.1) is 0 Å². The van der Waals surface area contributed by atoms with E-state index in [0.29, 0.717) is 0 Å². The highest BCUT2D eigenvalue weighted by Crippen LogP contribution is 2.32. The molecule has 1 saturated heterocycles. The molecule has 2 unspecified atom stereocenters.